The summed E-state index contributed by atoms with van der Waals surface area (Å²) in [6.07, 6.45) is 4.17. The monoisotopic (exact) mass is 316 g/mol. The normalized spacial score (nSPS) is 27.0. The lowest BCUT2D eigenvalue weighted by Crippen LogP contribution is -2.47. The molecular weight excluding hydrogens is 296 g/mol. The Kier molecular flexibility index (Phi) is 3.50. The maximum absolute atomic E-state index is 12.5. The summed E-state index contributed by atoms with van der Waals surface area (Å²) in [5, 5.41) is 8.46. The molecule has 0 aliphatic carbocycles. The van der Waals surface area contributed by atoms with Gasteiger partial charge in [0.2, 0.25) is 0 Å². The van der Waals surface area contributed by atoms with Gasteiger partial charge in [-0.1, -0.05) is 0 Å². The molecule has 0 aromatic carbocycles. The Hall–Kier alpha value is -1.66. The quantitative estimate of drug-likeness (QED) is 0.911. The highest BCUT2D eigenvalue weighted by atomic mass is 32.1. The van der Waals surface area contributed by atoms with Gasteiger partial charge in [0.25, 0.3) is 5.91 Å². The molecule has 0 saturated carbocycles. The van der Waals surface area contributed by atoms with E-state index >= 15 is 0 Å². The van der Waals surface area contributed by atoms with E-state index in [-0.39, 0.29) is 11.9 Å². The molecule has 4 rings (SSSR count). The Labute approximate surface area is 133 Å². The molecular formula is C16H20N4OS. The predicted octanol–water partition coefficient (Wildman–Crippen LogP) is 2.16. The van der Waals surface area contributed by atoms with Crippen LogP contribution in [0.4, 0.5) is 5.00 Å². The zero-order valence-electron chi connectivity index (χ0n) is 12.6. The first kappa shape index (κ1) is 14.0. The zero-order valence-corrected chi connectivity index (χ0v) is 13.4. The highest BCUT2D eigenvalue weighted by Gasteiger charge is 2.33. The number of fused-ring (bicyclic) bond motifs is 3. The van der Waals surface area contributed by atoms with Crippen molar-refractivity contribution in [3.8, 4) is 0 Å². The van der Waals surface area contributed by atoms with Crippen LogP contribution in [0.15, 0.2) is 18.3 Å². The average Bonchev–Trinajstić information content (AvgIpc) is 3.09. The lowest BCUT2D eigenvalue weighted by atomic mass is 9.97. The molecule has 22 heavy (non-hydrogen) atoms. The van der Waals surface area contributed by atoms with Crippen molar-refractivity contribution in [3.05, 3.63) is 24.0 Å². The summed E-state index contributed by atoms with van der Waals surface area (Å²) in [5.74, 6) is 0.707. The van der Waals surface area contributed by atoms with E-state index in [9.17, 15) is 4.79 Å². The average molecular weight is 316 g/mol. The number of hydrogen-bond acceptors (Lipinski definition) is 5. The van der Waals surface area contributed by atoms with Gasteiger partial charge >= 0.3 is 0 Å². The van der Waals surface area contributed by atoms with Crippen LogP contribution in [0.2, 0.25) is 0 Å². The predicted molar refractivity (Wildman–Crippen MR) is 89.6 cm³/mol. The van der Waals surface area contributed by atoms with Crippen molar-refractivity contribution in [3.63, 3.8) is 0 Å². The van der Waals surface area contributed by atoms with Gasteiger partial charge < -0.3 is 15.5 Å². The van der Waals surface area contributed by atoms with Crippen LogP contribution in [0.3, 0.4) is 0 Å². The van der Waals surface area contributed by atoms with Crippen LogP contribution in [0.25, 0.3) is 10.1 Å². The number of anilines is 1. The zero-order chi connectivity index (χ0) is 15.1. The smallest absolute Gasteiger partial charge is 0.270 e. The van der Waals surface area contributed by atoms with E-state index in [2.05, 4.69) is 26.6 Å². The number of nitrogens with zero attached hydrogens (tertiary/aromatic N) is 2. The van der Waals surface area contributed by atoms with Crippen LogP contribution < -0.4 is 10.6 Å². The highest BCUT2D eigenvalue weighted by Crippen LogP contribution is 2.30. The molecule has 4 heterocycles. The second-order valence-electron chi connectivity index (χ2n) is 6.29. The van der Waals surface area contributed by atoms with Gasteiger partial charge in [0.15, 0.2) is 0 Å². The maximum atomic E-state index is 12.5. The lowest BCUT2D eigenvalue weighted by Gasteiger charge is -2.30. The Morgan fingerprint density at radius 2 is 2.32 bits per heavy atom. The molecule has 116 valence electrons. The molecule has 6 heteroatoms. The third kappa shape index (κ3) is 2.57. The first-order valence-corrected chi connectivity index (χ1v) is 8.63. The van der Waals surface area contributed by atoms with Crippen LogP contribution in [0.1, 0.15) is 23.3 Å². The number of nitrogens with one attached hydrogen (secondary N) is 2. The van der Waals surface area contributed by atoms with Crippen molar-refractivity contribution < 1.29 is 4.79 Å². The standard InChI is InChI=1S/C16H20N4OS/c1-17-15-5-11-7-18-13(6-14(11)22-15)16(21)19-12-4-10-2-3-20(8-10)9-12/h5-7,10,12,17H,2-4,8-9H2,1H3,(H,19,21). The SMILES string of the molecule is CNc1cc2cnc(C(=O)NC3CC4CCN(C4)C3)cc2s1. The van der Waals surface area contributed by atoms with Gasteiger partial charge in [-0.05, 0) is 37.4 Å². The molecule has 0 spiro atoms. The van der Waals surface area contributed by atoms with Crippen LogP contribution in [0, 0.1) is 5.92 Å². The van der Waals surface area contributed by atoms with Gasteiger partial charge in [-0.15, -0.1) is 11.3 Å². The molecule has 2 bridgehead atoms. The van der Waals surface area contributed by atoms with Gasteiger partial charge in [0, 0.05) is 42.5 Å². The van der Waals surface area contributed by atoms with Gasteiger partial charge in [-0.3, -0.25) is 9.78 Å². The van der Waals surface area contributed by atoms with E-state index in [0.29, 0.717) is 5.69 Å². The molecule has 2 aromatic rings. The van der Waals surface area contributed by atoms with Crippen LogP contribution >= 0.6 is 11.3 Å². The van der Waals surface area contributed by atoms with Crippen molar-refractivity contribution in [2.75, 3.05) is 32.0 Å². The van der Waals surface area contributed by atoms with E-state index in [1.165, 1.54) is 19.5 Å². The van der Waals surface area contributed by atoms with Crippen molar-refractivity contribution in [2.45, 2.75) is 18.9 Å². The van der Waals surface area contributed by atoms with Gasteiger partial charge in [0.1, 0.15) is 5.69 Å². The summed E-state index contributed by atoms with van der Waals surface area (Å²) >= 11 is 1.65. The number of hydrogen-bond donors (Lipinski definition) is 2. The fraction of sp³-hybridized carbons (Fsp3) is 0.500. The summed E-state index contributed by atoms with van der Waals surface area (Å²) in [5.41, 5.74) is 0.518. The van der Waals surface area contributed by atoms with Gasteiger partial charge in [-0.25, -0.2) is 0 Å². The van der Waals surface area contributed by atoms with Gasteiger partial charge in [0.05, 0.1) is 5.00 Å². The van der Waals surface area contributed by atoms with Crippen LogP contribution in [-0.4, -0.2) is 48.5 Å². The molecule has 2 saturated heterocycles. The maximum Gasteiger partial charge on any atom is 0.270 e. The molecule has 2 fully saturated rings. The number of aromatic nitrogens is 1. The summed E-state index contributed by atoms with van der Waals surface area (Å²) in [6.45, 7) is 3.37. The van der Waals surface area contributed by atoms with E-state index in [0.717, 1.165) is 34.0 Å². The molecule has 1 amide bonds. The summed E-state index contributed by atoms with van der Waals surface area (Å²) < 4.78 is 1.09. The van der Waals surface area contributed by atoms with Crippen molar-refractivity contribution in [2.24, 2.45) is 5.92 Å². The third-order valence-electron chi connectivity index (χ3n) is 4.68. The minimum atomic E-state index is -0.0474. The van der Waals surface area contributed by atoms with E-state index in [1.807, 2.05) is 13.1 Å². The topological polar surface area (TPSA) is 57.3 Å². The van der Waals surface area contributed by atoms with Gasteiger partial charge in [-0.2, -0.15) is 0 Å². The van der Waals surface area contributed by atoms with Crippen LogP contribution in [-0.2, 0) is 0 Å². The summed E-state index contributed by atoms with van der Waals surface area (Å²) in [4.78, 5) is 19.2. The fourth-order valence-electron chi connectivity index (χ4n) is 3.60. The van der Waals surface area contributed by atoms with Crippen molar-refractivity contribution in [1.29, 1.82) is 0 Å². The molecule has 2 aliphatic rings. The number of rotatable bonds is 3. The second-order valence-corrected chi connectivity index (χ2v) is 7.37. The highest BCUT2D eigenvalue weighted by molar-refractivity contribution is 7.22. The fourth-order valence-corrected chi connectivity index (χ4v) is 4.53. The lowest BCUT2D eigenvalue weighted by molar-refractivity contribution is 0.0904. The Morgan fingerprint density at radius 3 is 3.14 bits per heavy atom. The van der Waals surface area contributed by atoms with E-state index < -0.39 is 0 Å². The number of amides is 1. The molecule has 2 aromatic heterocycles. The Bertz CT molecular complexity index is 701. The number of carbonyl (C=O) groups excluding carboxylic acids is 1. The molecule has 2 aliphatic heterocycles. The molecule has 5 nitrogen and oxygen atoms in total. The summed E-state index contributed by atoms with van der Waals surface area (Å²) in [6, 6.07) is 4.22. The Morgan fingerprint density at radius 1 is 1.41 bits per heavy atom. The van der Waals surface area contributed by atoms with Crippen molar-refractivity contribution >= 4 is 32.3 Å². The number of carbonyl (C=O) groups is 1. The number of piperidine rings is 1. The summed E-state index contributed by atoms with van der Waals surface area (Å²) in [7, 11) is 1.90. The number of pyridine rings is 1. The van der Waals surface area contributed by atoms with E-state index in [1.54, 1.807) is 17.5 Å². The first-order chi connectivity index (χ1) is 10.7. The molecule has 2 N–H and O–H groups in total. The molecule has 0 radical (unpaired) electrons. The largest absolute Gasteiger partial charge is 0.380 e. The second kappa shape index (κ2) is 5.52. The molecule has 3 atom stereocenters. The first-order valence-electron chi connectivity index (χ1n) is 7.82. The molecule has 3 unspecified atom stereocenters. The van der Waals surface area contributed by atoms with Crippen LogP contribution in [0.5, 0.6) is 0 Å². The minimum absolute atomic E-state index is 0.0474. The Balaban J connectivity index is 1.50. The van der Waals surface area contributed by atoms with Crippen molar-refractivity contribution in [1.82, 2.24) is 15.2 Å². The third-order valence-corrected chi connectivity index (χ3v) is 5.80. The minimum Gasteiger partial charge on any atom is -0.380 e. The van der Waals surface area contributed by atoms with E-state index in [4.69, 9.17) is 0 Å². The number of thiophene rings is 1.